The molecule has 0 saturated carbocycles. The van der Waals surface area contributed by atoms with E-state index in [1.54, 1.807) is 12.1 Å². The molecule has 2 aromatic rings. The zero-order valence-electron chi connectivity index (χ0n) is 15.3. The summed E-state index contributed by atoms with van der Waals surface area (Å²) in [6.45, 7) is 0.610. The molecule has 7 heteroatoms. The van der Waals surface area contributed by atoms with Crippen LogP contribution in [0, 0.1) is 0 Å². The van der Waals surface area contributed by atoms with Crippen molar-refractivity contribution in [3.8, 4) is 5.75 Å². The van der Waals surface area contributed by atoms with Crippen molar-refractivity contribution in [1.29, 1.82) is 0 Å². The van der Waals surface area contributed by atoms with Gasteiger partial charge in [0.25, 0.3) is 11.8 Å². The molecule has 1 aromatic carbocycles. The molecule has 1 fully saturated rings. The van der Waals surface area contributed by atoms with Crippen LogP contribution >= 0.6 is 0 Å². The van der Waals surface area contributed by atoms with Gasteiger partial charge in [-0.2, -0.15) is 0 Å². The van der Waals surface area contributed by atoms with Crippen LogP contribution in [0.4, 0.5) is 0 Å². The van der Waals surface area contributed by atoms with Gasteiger partial charge in [-0.25, -0.2) is 9.36 Å². The third-order valence-electron chi connectivity index (χ3n) is 4.27. The van der Waals surface area contributed by atoms with E-state index in [0.29, 0.717) is 18.0 Å². The smallest absolute Gasteiger partial charge is 0.333 e. The standard InChI is InChI=1S/C21H20N2O5/c24-18-7-5-16(6-8-18)3-4-17-11-14-22(15-12-17)13-1-2-21(27)28-23-19(25)9-10-20(23)26/h3-8,11-12,14-15H,1-2,9-10,13H2/p+1. The predicted octanol–water partition coefficient (Wildman–Crippen LogP) is 2.24. The van der Waals surface area contributed by atoms with Crippen LogP contribution < -0.4 is 4.57 Å². The molecule has 1 saturated heterocycles. The molecule has 144 valence electrons. The Morgan fingerprint density at radius 2 is 1.57 bits per heavy atom. The van der Waals surface area contributed by atoms with Gasteiger partial charge in [-0.15, -0.1) is 5.06 Å². The largest absolute Gasteiger partial charge is 0.508 e. The maximum absolute atomic E-state index is 11.8. The first-order valence-corrected chi connectivity index (χ1v) is 9.04. The summed E-state index contributed by atoms with van der Waals surface area (Å²) in [6.07, 6.45) is 8.58. The van der Waals surface area contributed by atoms with Gasteiger partial charge in [0.05, 0.1) is 6.42 Å². The SMILES string of the molecule is O=C(CCC[n+]1ccc(/C=C/c2ccc(O)cc2)cc1)ON1C(=O)CCC1=O. The normalized spacial score (nSPS) is 14.1. The first kappa shape index (κ1) is 19.3. The number of pyridine rings is 1. The van der Waals surface area contributed by atoms with E-state index in [2.05, 4.69) is 0 Å². The van der Waals surface area contributed by atoms with Gasteiger partial charge in [0.15, 0.2) is 12.4 Å². The zero-order valence-corrected chi connectivity index (χ0v) is 15.3. The third-order valence-corrected chi connectivity index (χ3v) is 4.27. The van der Waals surface area contributed by atoms with Gasteiger partial charge >= 0.3 is 5.97 Å². The van der Waals surface area contributed by atoms with Crippen LogP contribution in [0.25, 0.3) is 12.2 Å². The van der Waals surface area contributed by atoms with E-state index in [1.165, 1.54) is 0 Å². The van der Waals surface area contributed by atoms with E-state index in [-0.39, 0.29) is 25.0 Å². The molecule has 0 unspecified atom stereocenters. The molecule has 1 aromatic heterocycles. The minimum Gasteiger partial charge on any atom is -0.508 e. The third kappa shape index (κ3) is 5.26. The van der Waals surface area contributed by atoms with Crippen molar-refractivity contribution in [2.24, 2.45) is 0 Å². The molecule has 2 heterocycles. The molecule has 7 nitrogen and oxygen atoms in total. The Balaban J connectivity index is 1.44. The fourth-order valence-electron chi connectivity index (χ4n) is 2.72. The number of hydrogen-bond acceptors (Lipinski definition) is 5. The number of imide groups is 1. The Labute approximate surface area is 162 Å². The summed E-state index contributed by atoms with van der Waals surface area (Å²) in [7, 11) is 0. The van der Waals surface area contributed by atoms with Crippen LogP contribution in [0.15, 0.2) is 48.8 Å². The molecule has 0 aliphatic carbocycles. The van der Waals surface area contributed by atoms with Crippen LogP contribution in [0.2, 0.25) is 0 Å². The second kappa shape index (κ2) is 8.94. The van der Waals surface area contributed by atoms with E-state index in [4.69, 9.17) is 4.84 Å². The quantitative estimate of drug-likeness (QED) is 0.587. The number of rotatable bonds is 7. The molecule has 2 amide bonds. The Kier molecular flexibility index (Phi) is 6.16. The highest BCUT2D eigenvalue weighted by Crippen LogP contribution is 2.13. The number of aromatic hydroxyl groups is 1. The zero-order chi connectivity index (χ0) is 19.9. The van der Waals surface area contributed by atoms with Crippen molar-refractivity contribution >= 4 is 29.9 Å². The molecule has 0 radical (unpaired) electrons. The lowest BCUT2D eigenvalue weighted by atomic mass is 10.1. The Hall–Kier alpha value is -3.48. The fourth-order valence-corrected chi connectivity index (χ4v) is 2.72. The summed E-state index contributed by atoms with van der Waals surface area (Å²) in [5.41, 5.74) is 2.01. The van der Waals surface area contributed by atoms with Crippen molar-refractivity contribution in [2.75, 3.05) is 0 Å². The number of hydrogen-bond donors (Lipinski definition) is 1. The number of aromatic nitrogens is 1. The number of benzene rings is 1. The van der Waals surface area contributed by atoms with E-state index in [0.717, 1.165) is 11.1 Å². The monoisotopic (exact) mass is 381 g/mol. The van der Waals surface area contributed by atoms with Crippen LogP contribution in [-0.4, -0.2) is 28.0 Å². The van der Waals surface area contributed by atoms with Gasteiger partial charge in [0.1, 0.15) is 12.3 Å². The second-order valence-corrected chi connectivity index (χ2v) is 6.44. The summed E-state index contributed by atoms with van der Waals surface area (Å²) in [5.74, 6) is -1.29. The molecule has 0 spiro atoms. The lowest BCUT2D eigenvalue weighted by Crippen LogP contribution is -2.34. The maximum Gasteiger partial charge on any atom is 0.333 e. The summed E-state index contributed by atoms with van der Waals surface area (Å²) in [5, 5.41) is 9.86. The average Bonchev–Trinajstić information content (AvgIpc) is 3.00. The Bertz CT molecular complexity index is 872. The summed E-state index contributed by atoms with van der Waals surface area (Å²) in [6, 6.07) is 10.8. The number of nitrogens with zero attached hydrogens (tertiary/aromatic N) is 2. The Morgan fingerprint density at radius 1 is 1.00 bits per heavy atom. The first-order chi connectivity index (χ1) is 13.5. The summed E-state index contributed by atoms with van der Waals surface area (Å²) < 4.78 is 1.94. The van der Waals surface area contributed by atoms with Crippen LogP contribution in [0.3, 0.4) is 0 Å². The second-order valence-electron chi connectivity index (χ2n) is 6.44. The van der Waals surface area contributed by atoms with Crippen molar-refractivity contribution < 1.29 is 28.9 Å². The highest BCUT2D eigenvalue weighted by molar-refractivity contribution is 6.01. The van der Waals surface area contributed by atoms with E-state index in [9.17, 15) is 19.5 Å². The maximum atomic E-state index is 11.8. The van der Waals surface area contributed by atoms with Gasteiger partial charge in [0, 0.05) is 31.4 Å². The molecule has 28 heavy (non-hydrogen) atoms. The van der Waals surface area contributed by atoms with Crippen LogP contribution in [0.5, 0.6) is 5.75 Å². The van der Waals surface area contributed by atoms with Gasteiger partial charge in [-0.05, 0) is 23.3 Å². The molecular weight excluding hydrogens is 360 g/mol. The lowest BCUT2D eigenvalue weighted by Gasteiger charge is -2.11. The molecular formula is C21H21N2O5+. The minimum absolute atomic E-state index is 0.0928. The van der Waals surface area contributed by atoms with E-state index in [1.807, 2.05) is 53.4 Å². The number of carbonyl (C=O) groups excluding carboxylic acids is 3. The molecule has 0 atom stereocenters. The minimum atomic E-state index is -0.586. The molecule has 3 rings (SSSR count). The number of carbonyl (C=O) groups is 3. The van der Waals surface area contributed by atoms with Crippen LogP contribution in [0.1, 0.15) is 36.8 Å². The number of hydroxylamine groups is 2. The number of phenolic OH excluding ortho intramolecular Hbond substituents is 1. The van der Waals surface area contributed by atoms with E-state index >= 15 is 0 Å². The van der Waals surface area contributed by atoms with Crippen molar-refractivity contribution in [1.82, 2.24) is 5.06 Å². The summed E-state index contributed by atoms with van der Waals surface area (Å²) >= 11 is 0. The average molecular weight is 381 g/mol. The molecule has 1 N–H and O–H groups in total. The number of phenols is 1. The lowest BCUT2D eigenvalue weighted by molar-refractivity contribution is -0.697. The van der Waals surface area contributed by atoms with Gasteiger partial charge in [-0.3, -0.25) is 9.59 Å². The summed E-state index contributed by atoms with van der Waals surface area (Å²) in [4.78, 5) is 39.4. The van der Waals surface area contributed by atoms with Crippen molar-refractivity contribution in [2.45, 2.75) is 32.2 Å². The fraction of sp³-hybridized carbons (Fsp3) is 0.238. The number of amides is 2. The molecule has 0 bridgehead atoms. The molecule has 1 aliphatic heterocycles. The van der Waals surface area contributed by atoms with Crippen molar-refractivity contribution in [3.05, 3.63) is 59.9 Å². The van der Waals surface area contributed by atoms with Gasteiger partial charge in [-0.1, -0.05) is 24.3 Å². The van der Waals surface area contributed by atoms with E-state index < -0.39 is 17.8 Å². The first-order valence-electron chi connectivity index (χ1n) is 9.04. The van der Waals surface area contributed by atoms with Gasteiger partial charge < -0.3 is 9.94 Å². The molecule has 1 aliphatic rings. The predicted molar refractivity (Wildman–Crippen MR) is 100 cm³/mol. The number of aryl methyl sites for hydroxylation is 1. The van der Waals surface area contributed by atoms with Gasteiger partial charge in [0.2, 0.25) is 0 Å². The highest BCUT2D eigenvalue weighted by atomic mass is 16.7. The van der Waals surface area contributed by atoms with Crippen molar-refractivity contribution in [3.63, 3.8) is 0 Å². The van der Waals surface area contributed by atoms with Crippen LogP contribution in [-0.2, 0) is 25.8 Å². The highest BCUT2D eigenvalue weighted by Gasteiger charge is 2.32. The Morgan fingerprint density at radius 3 is 2.18 bits per heavy atom. The topological polar surface area (TPSA) is 87.8 Å².